The number of carbonyl (C=O) groups excluding carboxylic acids is 2. The molecule has 0 aromatic carbocycles. The van der Waals surface area contributed by atoms with E-state index < -0.39 is 0 Å². The quantitative estimate of drug-likeness (QED) is 0.800. The van der Waals surface area contributed by atoms with Crippen LogP contribution in [0.5, 0.6) is 0 Å². The maximum Gasteiger partial charge on any atom is 0.255 e. The lowest BCUT2D eigenvalue weighted by Gasteiger charge is -2.33. The lowest BCUT2D eigenvalue weighted by molar-refractivity contribution is -0.123. The maximum atomic E-state index is 13.0. The number of piperidine rings is 1. The fraction of sp³-hybridized carbons (Fsp3) is 0.619. The van der Waals surface area contributed by atoms with Gasteiger partial charge in [0.1, 0.15) is 0 Å². The summed E-state index contributed by atoms with van der Waals surface area (Å²) in [7, 11) is 0. The summed E-state index contributed by atoms with van der Waals surface area (Å²) < 4.78 is 1.86. The molecule has 4 rings (SSSR count). The molecule has 156 valence electrons. The number of hydrogen-bond donors (Lipinski definition) is 2. The van der Waals surface area contributed by atoms with Crippen molar-refractivity contribution in [3.8, 4) is 0 Å². The molecule has 2 aromatic heterocycles. The fourth-order valence-corrected chi connectivity index (χ4v) is 4.31. The minimum Gasteiger partial charge on any atom is -0.354 e. The van der Waals surface area contributed by atoms with Crippen LogP contribution in [0.4, 0.5) is 0 Å². The third-order valence-electron chi connectivity index (χ3n) is 5.92. The molecule has 0 saturated carbocycles. The molecule has 2 saturated heterocycles. The van der Waals surface area contributed by atoms with Crippen LogP contribution in [0, 0.1) is 5.92 Å². The number of pyridine rings is 1. The number of nitrogens with zero attached hydrogens (tertiary/aromatic N) is 4. The Kier molecular flexibility index (Phi) is 5.80. The van der Waals surface area contributed by atoms with E-state index in [0.717, 1.165) is 49.8 Å². The maximum absolute atomic E-state index is 13.0. The normalized spacial score (nSPS) is 22.4. The second-order valence-corrected chi connectivity index (χ2v) is 8.47. The minimum atomic E-state index is -0.0547. The van der Waals surface area contributed by atoms with Crippen LogP contribution >= 0.6 is 0 Å². The van der Waals surface area contributed by atoms with Crippen LogP contribution in [0.25, 0.3) is 11.0 Å². The number of fused-ring (bicyclic) bond motifs is 1. The van der Waals surface area contributed by atoms with Crippen molar-refractivity contribution in [3.05, 3.63) is 24.0 Å². The molecule has 2 unspecified atom stereocenters. The Morgan fingerprint density at radius 3 is 2.90 bits per heavy atom. The van der Waals surface area contributed by atoms with E-state index in [1.807, 2.05) is 15.6 Å². The van der Waals surface area contributed by atoms with Crippen molar-refractivity contribution in [1.82, 2.24) is 30.3 Å². The van der Waals surface area contributed by atoms with Gasteiger partial charge in [-0.1, -0.05) is 0 Å². The van der Waals surface area contributed by atoms with Crippen molar-refractivity contribution >= 4 is 22.8 Å². The molecule has 2 fully saturated rings. The van der Waals surface area contributed by atoms with E-state index in [0.29, 0.717) is 24.6 Å². The first-order valence-corrected chi connectivity index (χ1v) is 10.7. The van der Waals surface area contributed by atoms with E-state index in [9.17, 15) is 9.59 Å². The number of carbonyl (C=O) groups is 2. The van der Waals surface area contributed by atoms with Crippen molar-refractivity contribution < 1.29 is 9.59 Å². The summed E-state index contributed by atoms with van der Waals surface area (Å²) in [5.74, 6) is 0.381. The zero-order chi connectivity index (χ0) is 20.4. The molecule has 0 radical (unpaired) electrons. The van der Waals surface area contributed by atoms with E-state index in [2.05, 4.69) is 34.6 Å². The summed E-state index contributed by atoms with van der Waals surface area (Å²) in [5.41, 5.74) is 1.40. The standard InChI is InChI=1S/C21H30N6O2/c1-14(2)27-19-16(12-25-27)9-17(11-23-19)21(29)26-8-4-5-15(13-26)10-24-20(28)18-6-3-7-22-18/h9,11-12,14-15,18,22H,3-8,10,13H2,1-2H3,(H,24,28). The van der Waals surface area contributed by atoms with Crippen LogP contribution in [0.3, 0.4) is 0 Å². The Hall–Kier alpha value is -2.48. The largest absolute Gasteiger partial charge is 0.354 e. The van der Waals surface area contributed by atoms with Crippen molar-refractivity contribution in [3.63, 3.8) is 0 Å². The molecule has 4 heterocycles. The van der Waals surface area contributed by atoms with E-state index in [4.69, 9.17) is 0 Å². The molecule has 2 N–H and O–H groups in total. The molecular formula is C21H30N6O2. The molecule has 2 aliphatic rings. The highest BCUT2D eigenvalue weighted by molar-refractivity contribution is 5.96. The summed E-state index contributed by atoms with van der Waals surface area (Å²) >= 11 is 0. The Morgan fingerprint density at radius 1 is 1.28 bits per heavy atom. The first-order chi connectivity index (χ1) is 14.0. The van der Waals surface area contributed by atoms with Crippen LogP contribution in [-0.2, 0) is 4.79 Å². The smallest absolute Gasteiger partial charge is 0.255 e. The number of rotatable bonds is 5. The average Bonchev–Trinajstić information content (AvgIpc) is 3.41. The van der Waals surface area contributed by atoms with Gasteiger partial charge in [0.05, 0.1) is 17.8 Å². The molecule has 0 bridgehead atoms. The topological polar surface area (TPSA) is 92.2 Å². The number of likely N-dealkylation sites (tertiary alicyclic amines) is 1. The lowest BCUT2D eigenvalue weighted by atomic mass is 9.97. The minimum absolute atomic E-state index is 0.00480. The van der Waals surface area contributed by atoms with Gasteiger partial charge in [0.15, 0.2) is 5.65 Å². The van der Waals surface area contributed by atoms with Gasteiger partial charge in [0, 0.05) is 37.3 Å². The number of aromatic nitrogens is 3. The zero-order valence-electron chi connectivity index (χ0n) is 17.2. The third kappa shape index (κ3) is 4.27. The third-order valence-corrected chi connectivity index (χ3v) is 5.92. The summed E-state index contributed by atoms with van der Waals surface area (Å²) in [5, 5.41) is 11.6. The van der Waals surface area contributed by atoms with E-state index in [1.54, 1.807) is 12.4 Å². The summed E-state index contributed by atoms with van der Waals surface area (Å²) in [6.45, 7) is 7.07. The van der Waals surface area contributed by atoms with E-state index >= 15 is 0 Å². The molecule has 2 aromatic rings. The van der Waals surface area contributed by atoms with Gasteiger partial charge in [-0.3, -0.25) is 9.59 Å². The average molecular weight is 399 g/mol. The molecule has 2 atom stereocenters. The van der Waals surface area contributed by atoms with Gasteiger partial charge in [-0.05, 0) is 58.1 Å². The van der Waals surface area contributed by atoms with Crippen molar-refractivity contribution in [2.45, 2.75) is 51.6 Å². The second-order valence-electron chi connectivity index (χ2n) is 8.47. The van der Waals surface area contributed by atoms with Crippen molar-refractivity contribution in [2.24, 2.45) is 5.92 Å². The fourth-order valence-electron chi connectivity index (χ4n) is 4.31. The Bertz CT molecular complexity index is 886. The van der Waals surface area contributed by atoms with Gasteiger partial charge in [0.2, 0.25) is 5.91 Å². The zero-order valence-corrected chi connectivity index (χ0v) is 17.2. The summed E-state index contributed by atoms with van der Waals surface area (Å²) in [4.78, 5) is 31.6. The predicted octanol–water partition coefficient (Wildman–Crippen LogP) is 1.73. The Labute approximate surface area is 171 Å². The highest BCUT2D eigenvalue weighted by atomic mass is 16.2. The van der Waals surface area contributed by atoms with Gasteiger partial charge in [0.25, 0.3) is 5.91 Å². The summed E-state index contributed by atoms with van der Waals surface area (Å²) in [6.07, 6.45) is 7.37. The molecule has 0 spiro atoms. The van der Waals surface area contributed by atoms with Gasteiger partial charge >= 0.3 is 0 Å². The molecule has 29 heavy (non-hydrogen) atoms. The Morgan fingerprint density at radius 2 is 2.14 bits per heavy atom. The van der Waals surface area contributed by atoms with Gasteiger partial charge in [-0.15, -0.1) is 0 Å². The highest BCUT2D eigenvalue weighted by Crippen LogP contribution is 2.21. The molecule has 2 amide bonds. The highest BCUT2D eigenvalue weighted by Gasteiger charge is 2.27. The van der Waals surface area contributed by atoms with Gasteiger partial charge in [-0.25, -0.2) is 9.67 Å². The number of hydrogen-bond acceptors (Lipinski definition) is 5. The SMILES string of the molecule is CC(C)n1ncc2cc(C(=O)N3CCCC(CNC(=O)C4CCCN4)C3)cnc21. The second kappa shape index (κ2) is 8.49. The van der Waals surface area contributed by atoms with Gasteiger partial charge < -0.3 is 15.5 Å². The Balaban J connectivity index is 1.38. The number of amides is 2. The first-order valence-electron chi connectivity index (χ1n) is 10.7. The first kappa shape index (κ1) is 19.8. The summed E-state index contributed by atoms with van der Waals surface area (Å²) in [6, 6.07) is 2.05. The van der Waals surface area contributed by atoms with Crippen LogP contribution in [0.15, 0.2) is 18.5 Å². The van der Waals surface area contributed by atoms with Gasteiger partial charge in [-0.2, -0.15) is 5.10 Å². The van der Waals surface area contributed by atoms with Crippen LogP contribution < -0.4 is 10.6 Å². The van der Waals surface area contributed by atoms with Crippen LogP contribution in [0.1, 0.15) is 55.9 Å². The molecule has 8 heteroatoms. The molecular weight excluding hydrogens is 368 g/mol. The molecule has 2 aliphatic heterocycles. The van der Waals surface area contributed by atoms with E-state index in [1.165, 1.54) is 0 Å². The van der Waals surface area contributed by atoms with Crippen LogP contribution in [0.2, 0.25) is 0 Å². The van der Waals surface area contributed by atoms with Crippen molar-refractivity contribution in [1.29, 1.82) is 0 Å². The van der Waals surface area contributed by atoms with Crippen molar-refractivity contribution in [2.75, 3.05) is 26.2 Å². The van der Waals surface area contributed by atoms with Crippen LogP contribution in [-0.4, -0.2) is 63.7 Å². The lowest BCUT2D eigenvalue weighted by Crippen LogP contribution is -2.46. The van der Waals surface area contributed by atoms with E-state index in [-0.39, 0.29) is 23.9 Å². The molecule has 0 aliphatic carbocycles. The monoisotopic (exact) mass is 398 g/mol. The predicted molar refractivity (Wildman–Crippen MR) is 111 cm³/mol. The molecule has 8 nitrogen and oxygen atoms in total. The number of nitrogens with one attached hydrogen (secondary N) is 2.